The lowest BCUT2D eigenvalue weighted by Crippen LogP contribution is -2.42. The second-order valence-corrected chi connectivity index (χ2v) is 5.98. The van der Waals surface area contributed by atoms with E-state index in [9.17, 15) is 14.7 Å². The molecule has 7 heteroatoms. The minimum atomic E-state index is -0.913. The van der Waals surface area contributed by atoms with Crippen LogP contribution in [0.4, 0.5) is 0 Å². The van der Waals surface area contributed by atoms with Gasteiger partial charge in [-0.1, -0.05) is 17.7 Å². The molecule has 2 N–H and O–H groups in total. The van der Waals surface area contributed by atoms with Crippen molar-refractivity contribution in [3.05, 3.63) is 41.0 Å². The average Bonchev–Trinajstić information content (AvgIpc) is 2.55. The number of halogens is 1. The van der Waals surface area contributed by atoms with Gasteiger partial charge in [0.05, 0.1) is 5.52 Å². The Balaban J connectivity index is 2.27. The predicted molar refractivity (Wildman–Crippen MR) is 92.9 cm³/mol. The van der Waals surface area contributed by atoms with Crippen LogP contribution in [0.5, 0.6) is 0 Å². The fourth-order valence-corrected chi connectivity index (χ4v) is 2.70. The van der Waals surface area contributed by atoms with Gasteiger partial charge in [0.25, 0.3) is 0 Å². The highest BCUT2D eigenvalue weighted by atomic mass is 35.5. The molecule has 0 aliphatic carbocycles. The van der Waals surface area contributed by atoms with Gasteiger partial charge < -0.3 is 10.4 Å². The van der Waals surface area contributed by atoms with Crippen LogP contribution in [0.15, 0.2) is 30.5 Å². The third kappa shape index (κ3) is 4.43. The van der Waals surface area contributed by atoms with Crippen LogP contribution in [0.25, 0.3) is 10.9 Å². The van der Waals surface area contributed by atoms with Crippen molar-refractivity contribution in [3.63, 3.8) is 0 Å². The summed E-state index contributed by atoms with van der Waals surface area (Å²) in [4.78, 5) is 28.6. The summed E-state index contributed by atoms with van der Waals surface area (Å²) in [5, 5.41) is 13.5. The molecule has 128 valence electrons. The topological polar surface area (TPSA) is 82.5 Å². The fraction of sp³-hybridized carbons (Fsp3) is 0.353. The molecule has 0 aliphatic heterocycles. The number of benzene rings is 1. The maximum atomic E-state index is 11.4. The van der Waals surface area contributed by atoms with Crippen LogP contribution in [-0.2, 0) is 16.1 Å². The van der Waals surface area contributed by atoms with Crippen molar-refractivity contribution in [3.8, 4) is 0 Å². The molecule has 2 aromatic rings. The van der Waals surface area contributed by atoms with Gasteiger partial charge in [-0.2, -0.15) is 0 Å². The number of carboxylic acids is 1. The zero-order valence-corrected chi connectivity index (χ0v) is 14.4. The predicted octanol–water partition coefficient (Wildman–Crippen LogP) is 2.30. The second kappa shape index (κ2) is 8.08. The van der Waals surface area contributed by atoms with E-state index < -0.39 is 12.0 Å². The first-order chi connectivity index (χ1) is 11.4. The van der Waals surface area contributed by atoms with Gasteiger partial charge in [0, 0.05) is 43.2 Å². The van der Waals surface area contributed by atoms with Crippen LogP contribution < -0.4 is 5.32 Å². The molecular formula is C17H20ClN3O3. The van der Waals surface area contributed by atoms with Crippen molar-refractivity contribution < 1.29 is 14.7 Å². The van der Waals surface area contributed by atoms with Crippen molar-refractivity contribution in [2.45, 2.75) is 26.4 Å². The van der Waals surface area contributed by atoms with Gasteiger partial charge in [0.2, 0.25) is 5.91 Å². The molecule has 0 fully saturated rings. The van der Waals surface area contributed by atoms with E-state index in [0.29, 0.717) is 24.7 Å². The Morgan fingerprint density at radius 1 is 1.38 bits per heavy atom. The van der Waals surface area contributed by atoms with E-state index in [2.05, 4.69) is 10.3 Å². The van der Waals surface area contributed by atoms with Crippen molar-refractivity contribution in [2.24, 2.45) is 0 Å². The number of aliphatic carboxylic acids is 1. The molecule has 1 unspecified atom stereocenters. The summed E-state index contributed by atoms with van der Waals surface area (Å²) in [5.41, 5.74) is 1.65. The monoisotopic (exact) mass is 349 g/mol. The Labute approximate surface area is 145 Å². The summed E-state index contributed by atoms with van der Waals surface area (Å²) in [6.45, 7) is 4.26. The summed E-state index contributed by atoms with van der Waals surface area (Å²) in [5.74, 6) is -1.06. The number of nitrogens with zero attached hydrogens (tertiary/aromatic N) is 2. The number of pyridine rings is 1. The molecule has 1 atom stereocenters. The quantitative estimate of drug-likeness (QED) is 0.801. The van der Waals surface area contributed by atoms with Crippen molar-refractivity contribution in [1.29, 1.82) is 0 Å². The van der Waals surface area contributed by atoms with Gasteiger partial charge >= 0.3 is 5.97 Å². The Morgan fingerprint density at radius 3 is 2.79 bits per heavy atom. The number of fused-ring (bicyclic) bond motifs is 1. The number of carbonyl (C=O) groups is 2. The summed E-state index contributed by atoms with van der Waals surface area (Å²) < 4.78 is 0. The summed E-state index contributed by atoms with van der Waals surface area (Å²) in [7, 11) is 0. The Morgan fingerprint density at radius 2 is 2.12 bits per heavy atom. The highest BCUT2D eigenvalue weighted by molar-refractivity contribution is 6.35. The van der Waals surface area contributed by atoms with Crippen LogP contribution >= 0.6 is 11.6 Å². The third-order valence-electron chi connectivity index (χ3n) is 3.85. The van der Waals surface area contributed by atoms with Crippen molar-refractivity contribution in [1.82, 2.24) is 15.2 Å². The van der Waals surface area contributed by atoms with E-state index in [1.165, 1.54) is 6.92 Å². The molecule has 24 heavy (non-hydrogen) atoms. The molecular weight excluding hydrogens is 330 g/mol. The standard InChI is InChI=1S/C17H20ClN3O3/c1-11(17(23)24)21(9-8-19-12(2)22)10-13-5-6-15(18)14-4-3-7-20-16(13)14/h3-7,11H,8-10H2,1-2H3,(H,19,22)(H,23,24). The number of carboxylic acid groups (broad SMARTS) is 1. The van der Waals surface area contributed by atoms with Gasteiger partial charge in [0.1, 0.15) is 6.04 Å². The smallest absolute Gasteiger partial charge is 0.320 e. The van der Waals surface area contributed by atoms with E-state index in [0.717, 1.165) is 16.5 Å². The number of rotatable bonds is 7. The molecule has 0 radical (unpaired) electrons. The van der Waals surface area contributed by atoms with E-state index >= 15 is 0 Å². The van der Waals surface area contributed by atoms with Crippen LogP contribution in [0.2, 0.25) is 5.02 Å². The molecule has 6 nitrogen and oxygen atoms in total. The molecule has 0 bridgehead atoms. The largest absolute Gasteiger partial charge is 0.480 e. The van der Waals surface area contributed by atoms with E-state index in [1.807, 2.05) is 18.2 Å². The van der Waals surface area contributed by atoms with Gasteiger partial charge in [0.15, 0.2) is 0 Å². The minimum absolute atomic E-state index is 0.142. The molecule has 0 spiro atoms. The summed E-state index contributed by atoms with van der Waals surface area (Å²) >= 11 is 6.20. The van der Waals surface area contributed by atoms with Gasteiger partial charge in [-0.15, -0.1) is 0 Å². The minimum Gasteiger partial charge on any atom is -0.480 e. The second-order valence-electron chi connectivity index (χ2n) is 5.57. The third-order valence-corrected chi connectivity index (χ3v) is 4.18. The number of nitrogens with one attached hydrogen (secondary N) is 1. The lowest BCUT2D eigenvalue weighted by Gasteiger charge is -2.26. The molecule has 1 heterocycles. The molecule has 1 aromatic heterocycles. The molecule has 0 aliphatic rings. The maximum Gasteiger partial charge on any atom is 0.320 e. The summed E-state index contributed by atoms with van der Waals surface area (Å²) in [6, 6.07) is 6.66. The van der Waals surface area contributed by atoms with Gasteiger partial charge in [-0.25, -0.2) is 0 Å². The lowest BCUT2D eigenvalue weighted by molar-refractivity contribution is -0.142. The normalized spacial score (nSPS) is 12.3. The maximum absolute atomic E-state index is 11.4. The Bertz CT molecular complexity index is 751. The summed E-state index contributed by atoms with van der Waals surface area (Å²) in [6.07, 6.45) is 1.68. The van der Waals surface area contributed by atoms with Crippen LogP contribution in [0, 0.1) is 0 Å². The SMILES string of the molecule is CC(=O)NCCN(Cc1ccc(Cl)c2cccnc12)C(C)C(=O)O. The first-order valence-corrected chi connectivity index (χ1v) is 8.01. The highest BCUT2D eigenvalue weighted by Gasteiger charge is 2.21. The van der Waals surface area contributed by atoms with Crippen LogP contribution in [0.1, 0.15) is 19.4 Å². The Hall–Kier alpha value is -2.18. The van der Waals surface area contributed by atoms with E-state index in [-0.39, 0.29) is 5.91 Å². The molecule has 0 saturated carbocycles. The number of hydrogen-bond donors (Lipinski definition) is 2. The Kier molecular flexibility index (Phi) is 6.11. The molecule has 2 rings (SSSR count). The number of aromatic nitrogens is 1. The van der Waals surface area contributed by atoms with Gasteiger partial charge in [-0.05, 0) is 30.7 Å². The van der Waals surface area contributed by atoms with Crippen LogP contribution in [-0.4, -0.2) is 46.0 Å². The van der Waals surface area contributed by atoms with E-state index in [4.69, 9.17) is 11.6 Å². The first kappa shape index (κ1) is 18.2. The molecule has 1 amide bonds. The lowest BCUT2D eigenvalue weighted by atomic mass is 10.1. The number of amides is 1. The first-order valence-electron chi connectivity index (χ1n) is 7.63. The van der Waals surface area contributed by atoms with Crippen molar-refractivity contribution in [2.75, 3.05) is 13.1 Å². The fourth-order valence-electron chi connectivity index (χ4n) is 2.48. The zero-order valence-electron chi connectivity index (χ0n) is 13.6. The molecule has 0 saturated heterocycles. The molecule has 1 aromatic carbocycles. The average molecular weight is 350 g/mol. The van der Waals surface area contributed by atoms with Crippen LogP contribution in [0.3, 0.4) is 0 Å². The number of hydrogen-bond acceptors (Lipinski definition) is 4. The van der Waals surface area contributed by atoms with Crippen molar-refractivity contribution >= 4 is 34.4 Å². The number of carbonyl (C=O) groups excluding carboxylic acids is 1. The zero-order chi connectivity index (χ0) is 17.7. The van der Waals surface area contributed by atoms with E-state index in [1.54, 1.807) is 24.1 Å². The highest BCUT2D eigenvalue weighted by Crippen LogP contribution is 2.26. The van der Waals surface area contributed by atoms with Gasteiger partial charge in [-0.3, -0.25) is 19.5 Å².